The molecular formula is C28H31FN4O4. The molecule has 0 aliphatic carbocycles. The number of carbonyl (C=O) groups excluding carboxylic acids is 3. The van der Waals surface area contributed by atoms with Crippen LogP contribution < -0.4 is 4.74 Å². The minimum Gasteiger partial charge on any atom is -0.480 e. The smallest absolute Gasteiger partial charge is 0.296 e. The summed E-state index contributed by atoms with van der Waals surface area (Å²) in [6, 6.07) is 8.11. The number of piperidine rings is 1. The number of benzene rings is 1. The van der Waals surface area contributed by atoms with Crippen molar-refractivity contribution in [1.29, 1.82) is 0 Å². The summed E-state index contributed by atoms with van der Waals surface area (Å²) in [7, 11) is 4.45. The minimum absolute atomic E-state index is 0.0102. The molecule has 2 aliphatic heterocycles. The Kier molecular flexibility index (Phi) is 7.80. The quantitative estimate of drug-likeness (QED) is 0.561. The molecule has 0 N–H and O–H groups in total. The Morgan fingerprint density at radius 3 is 2.43 bits per heavy atom. The van der Waals surface area contributed by atoms with E-state index in [0.29, 0.717) is 30.3 Å². The number of halogens is 1. The zero-order valence-corrected chi connectivity index (χ0v) is 21.6. The van der Waals surface area contributed by atoms with Gasteiger partial charge in [0.05, 0.1) is 19.3 Å². The topological polar surface area (TPSA) is 92.2 Å². The van der Waals surface area contributed by atoms with Crippen LogP contribution in [0.3, 0.4) is 0 Å². The van der Waals surface area contributed by atoms with Crippen LogP contribution in [0.1, 0.15) is 46.9 Å². The zero-order chi connectivity index (χ0) is 26.7. The van der Waals surface area contributed by atoms with E-state index >= 15 is 0 Å². The first-order valence-electron chi connectivity index (χ1n) is 12.3. The number of ether oxygens (including phenoxy) is 1. The number of amides is 2. The molecule has 4 rings (SSSR count). The van der Waals surface area contributed by atoms with Crippen LogP contribution >= 0.6 is 0 Å². The SMILES string of the molecule is COc1nc2c(cc1C(=O)N1CCC(Cc3ccc(F)cc3)CC1)C(C(=O)C(=O)N(C)C)=NCC(C)=C2. The van der Waals surface area contributed by atoms with Gasteiger partial charge >= 0.3 is 0 Å². The number of pyridine rings is 1. The van der Waals surface area contributed by atoms with Crippen LogP contribution in [0.15, 0.2) is 40.9 Å². The molecule has 194 valence electrons. The van der Waals surface area contributed by atoms with Gasteiger partial charge in [0.1, 0.15) is 17.1 Å². The lowest BCUT2D eigenvalue weighted by Gasteiger charge is -2.32. The maximum absolute atomic E-state index is 13.6. The van der Waals surface area contributed by atoms with Crippen LogP contribution in [0.5, 0.6) is 5.88 Å². The van der Waals surface area contributed by atoms with Crippen molar-refractivity contribution in [2.24, 2.45) is 10.9 Å². The molecule has 0 unspecified atom stereocenters. The second-order valence-electron chi connectivity index (χ2n) is 9.73. The van der Waals surface area contributed by atoms with E-state index in [4.69, 9.17) is 4.74 Å². The van der Waals surface area contributed by atoms with Crippen LogP contribution in [-0.4, -0.2) is 78.9 Å². The highest BCUT2D eigenvalue weighted by Gasteiger charge is 2.31. The summed E-state index contributed by atoms with van der Waals surface area (Å²) in [5, 5.41) is 0. The number of fused-ring (bicyclic) bond motifs is 1. The van der Waals surface area contributed by atoms with Gasteiger partial charge in [0.25, 0.3) is 17.6 Å². The molecule has 1 aromatic heterocycles. The van der Waals surface area contributed by atoms with Gasteiger partial charge in [-0.05, 0) is 67.5 Å². The van der Waals surface area contributed by atoms with Gasteiger partial charge in [-0.25, -0.2) is 9.37 Å². The van der Waals surface area contributed by atoms with Crippen molar-refractivity contribution in [3.8, 4) is 5.88 Å². The second kappa shape index (κ2) is 11.0. The molecule has 9 heteroatoms. The number of carbonyl (C=O) groups is 3. The van der Waals surface area contributed by atoms with E-state index in [9.17, 15) is 18.8 Å². The molecule has 1 saturated heterocycles. The molecule has 2 aromatic rings. The van der Waals surface area contributed by atoms with Crippen LogP contribution in [-0.2, 0) is 16.0 Å². The summed E-state index contributed by atoms with van der Waals surface area (Å²) in [6.45, 7) is 3.22. The Labute approximate surface area is 215 Å². The predicted molar refractivity (Wildman–Crippen MR) is 138 cm³/mol. The Morgan fingerprint density at radius 1 is 1.14 bits per heavy atom. The fraction of sp³-hybridized carbons (Fsp3) is 0.393. The number of Topliss-reactive ketones (excluding diaryl/α,β-unsaturated/α-hetero) is 1. The monoisotopic (exact) mass is 506 g/mol. The average molecular weight is 507 g/mol. The van der Waals surface area contributed by atoms with Crippen molar-refractivity contribution in [3.63, 3.8) is 0 Å². The van der Waals surface area contributed by atoms with E-state index in [1.54, 1.807) is 29.2 Å². The lowest BCUT2D eigenvalue weighted by molar-refractivity contribution is -0.139. The van der Waals surface area contributed by atoms with Gasteiger partial charge in [-0.1, -0.05) is 12.1 Å². The van der Waals surface area contributed by atoms with Gasteiger partial charge in [0.2, 0.25) is 5.88 Å². The highest BCUT2D eigenvalue weighted by Crippen LogP contribution is 2.28. The van der Waals surface area contributed by atoms with E-state index in [1.165, 1.54) is 38.2 Å². The molecule has 2 amide bonds. The number of aliphatic imine (C=N–C) groups is 1. The van der Waals surface area contributed by atoms with E-state index in [2.05, 4.69) is 9.98 Å². The zero-order valence-electron chi connectivity index (χ0n) is 21.6. The van der Waals surface area contributed by atoms with E-state index in [-0.39, 0.29) is 35.4 Å². The van der Waals surface area contributed by atoms with Crippen molar-refractivity contribution in [3.05, 3.63) is 64.1 Å². The molecule has 1 aromatic carbocycles. The van der Waals surface area contributed by atoms with Crippen LogP contribution in [0.2, 0.25) is 0 Å². The molecule has 8 nitrogen and oxygen atoms in total. The lowest BCUT2D eigenvalue weighted by atomic mass is 9.90. The van der Waals surface area contributed by atoms with Gasteiger partial charge in [-0.15, -0.1) is 0 Å². The van der Waals surface area contributed by atoms with Crippen molar-refractivity contribution in [2.45, 2.75) is 26.2 Å². The lowest BCUT2D eigenvalue weighted by Crippen LogP contribution is -2.39. The number of hydrogen-bond donors (Lipinski definition) is 0. The number of nitrogens with zero attached hydrogens (tertiary/aromatic N) is 4. The van der Waals surface area contributed by atoms with Gasteiger partial charge in [-0.2, -0.15) is 0 Å². The summed E-state index contributed by atoms with van der Waals surface area (Å²) >= 11 is 0. The number of hydrogen-bond acceptors (Lipinski definition) is 6. The fourth-order valence-corrected chi connectivity index (χ4v) is 4.65. The third kappa shape index (κ3) is 5.76. The van der Waals surface area contributed by atoms with Crippen molar-refractivity contribution in [2.75, 3.05) is 40.8 Å². The molecule has 3 heterocycles. The van der Waals surface area contributed by atoms with Gasteiger partial charge < -0.3 is 14.5 Å². The Balaban J connectivity index is 1.58. The molecule has 0 saturated carbocycles. The van der Waals surface area contributed by atoms with Crippen molar-refractivity contribution < 1.29 is 23.5 Å². The van der Waals surface area contributed by atoms with Gasteiger partial charge in [-0.3, -0.25) is 19.4 Å². The summed E-state index contributed by atoms with van der Waals surface area (Å²) < 4.78 is 18.7. The summed E-state index contributed by atoms with van der Waals surface area (Å²) in [4.78, 5) is 50.9. The summed E-state index contributed by atoms with van der Waals surface area (Å²) in [5.41, 5.74) is 2.92. The third-order valence-corrected chi connectivity index (χ3v) is 6.72. The van der Waals surface area contributed by atoms with Gasteiger partial charge in [0, 0.05) is 32.7 Å². The highest BCUT2D eigenvalue weighted by molar-refractivity contribution is 6.68. The number of ketones is 1. The number of aromatic nitrogens is 1. The largest absolute Gasteiger partial charge is 0.480 e. The highest BCUT2D eigenvalue weighted by atomic mass is 19.1. The standard InChI is InChI=1S/C28H31FN4O4/c1-17-13-23-21(24(30-16-17)25(34)28(36)32(2)3)15-22(26(31-23)37-4)27(35)33-11-9-19(10-12-33)14-18-5-7-20(29)8-6-18/h5-8,13,15,19H,9-12,14,16H2,1-4H3. The summed E-state index contributed by atoms with van der Waals surface area (Å²) in [5.74, 6) is -1.39. The number of likely N-dealkylation sites (N-methyl/N-ethyl adjacent to an activating group) is 1. The molecular weight excluding hydrogens is 475 g/mol. The molecule has 0 spiro atoms. The van der Waals surface area contributed by atoms with Crippen LogP contribution in [0, 0.1) is 11.7 Å². The normalized spacial score (nSPS) is 15.8. The number of likely N-dealkylation sites (tertiary alicyclic amines) is 1. The van der Waals surface area contributed by atoms with Crippen LogP contribution in [0.25, 0.3) is 6.08 Å². The maximum atomic E-state index is 13.6. The fourth-order valence-electron chi connectivity index (χ4n) is 4.65. The Bertz CT molecular complexity index is 1280. The molecule has 0 atom stereocenters. The first-order valence-corrected chi connectivity index (χ1v) is 12.3. The average Bonchev–Trinajstić information content (AvgIpc) is 3.05. The molecule has 2 aliphatic rings. The Hall–Kier alpha value is -3.88. The second-order valence-corrected chi connectivity index (χ2v) is 9.73. The van der Waals surface area contributed by atoms with Crippen molar-refractivity contribution >= 4 is 29.4 Å². The molecule has 0 radical (unpaired) electrons. The van der Waals surface area contributed by atoms with E-state index < -0.39 is 11.7 Å². The molecule has 0 bridgehead atoms. The van der Waals surface area contributed by atoms with Crippen molar-refractivity contribution in [1.82, 2.24) is 14.8 Å². The third-order valence-electron chi connectivity index (χ3n) is 6.72. The summed E-state index contributed by atoms with van der Waals surface area (Å²) in [6.07, 6.45) is 4.25. The number of methoxy groups -OCH3 is 1. The minimum atomic E-state index is -0.749. The van der Waals surface area contributed by atoms with E-state index in [0.717, 1.165) is 30.4 Å². The maximum Gasteiger partial charge on any atom is 0.296 e. The number of rotatable bonds is 6. The van der Waals surface area contributed by atoms with Gasteiger partial charge in [0.15, 0.2) is 0 Å². The first-order chi connectivity index (χ1) is 17.7. The predicted octanol–water partition coefficient (Wildman–Crippen LogP) is 3.19. The molecule has 37 heavy (non-hydrogen) atoms. The first kappa shape index (κ1) is 26.2. The Morgan fingerprint density at radius 2 is 1.81 bits per heavy atom. The van der Waals surface area contributed by atoms with Crippen LogP contribution in [0.4, 0.5) is 4.39 Å². The molecule has 1 fully saturated rings. The van der Waals surface area contributed by atoms with E-state index in [1.807, 2.05) is 6.92 Å².